The second kappa shape index (κ2) is 9.06. The van der Waals surface area contributed by atoms with Crippen LogP contribution < -0.4 is 5.32 Å². The summed E-state index contributed by atoms with van der Waals surface area (Å²) < 4.78 is 5.24. The lowest BCUT2D eigenvalue weighted by Gasteiger charge is -2.22. The van der Waals surface area contributed by atoms with Gasteiger partial charge in [-0.3, -0.25) is 4.99 Å². The minimum atomic E-state index is 0.260. The molecule has 2 rings (SSSR count). The van der Waals surface area contributed by atoms with Crippen molar-refractivity contribution in [3.8, 4) is 0 Å². The molecule has 0 aliphatic carbocycles. The van der Waals surface area contributed by atoms with Crippen LogP contribution in [-0.2, 0) is 13.0 Å². The number of nitrogens with one attached hydrogen (secondary N) is 1. The van der Waals surface area contributed by atoms with Crippen LogP contribution in [0, 0.1) is 0 Å². The third-order valence-corrected chi connectivity index (χ3v) is 4.34. The maximum Gasteiger partial charge on any atom is 0.228 e. The molecule has 0 amide bonds. The third kappa shape index (κ3) is 5.61. The fourth-order valence-corrected chi connectivity index (χ4v) is 2.58. The average Bonchev–Trinajstić information content (AvgIpc) is 3.04. The maximum atomic E-state index is 6.07. The fourth-order valence-electron chi connectivity index (χ4n) is 2.26. The van der Waals surface area contributed by atoms with Crippen molar-refractivity contribution in [2.24, 2.45) is 4.99 Å². The number of guanidine groups is 1. The van der Waals surface area contributed by atoms with E-state index in [9.17, 15) is 0 Å². The zero-order valence-electron chi connectivity index (χ0n) is 14.9. The van der Waals surface area contributed by atoms with Gasteiger partial charge in [0.05, 0.1) is 10.0 Å². The first-order chi connectivity index (χ1) is 11.9. The lowest BCUT2D eigenvalue weighted by atomic mass is 10.2. The number of hydrogen-bond donors (Lipinski definition) is 1. The van der Waals surface area contributed by atoms with Gasteiger partial charge in [0.1, 0.15) is 0 Å². The highest BCUT2D eigenvalue weighted by molar-refractivity contribution is 6.42. The number of rotatable bonds is 6. The summed E-state index contributed by atoms with van der Waals surface area (Å²) in [6.07, 6.45) is 0.638. The number of benzene rings is 1. The smallest absolute Gasteiger partial charge is 0.228 e. The van der Waals surface area contributed by atoms with Gasteiger partial charge in [0.15, 0.2) is 11.8 Å². The number of halogens is 2. The predicted molar refractivity (Wildman–Crippen MR) is 101 cm³/mol. The molecular weight excluding hydrogens is 361 g/mol. The van der Waals surface area contributed by atoms with Crippen LogP contribution in [0.5, 0.6) is 0 Å². The fraction of sp³-hybridized carbons (Fsp3) is 0.471. The first kappa shape index (κ1) is 19.5. The van der Waals surface area contributed by atoms with E-state index in [4.69, 9.17) is 27.7 Å². The zero-order chi connectivity index (χ0) is 18.4. The molecule has 1 aromatic carbocycles. The molecule has 136 valence electrons. The molecule has 1 heterocycles. The maximum absolute atomic E-state index is 6.07. The van der Waals surface area contributed by atoms with Crippen molar-refractivity contribution in [1.82, 2.24) is 20.4 Å². The Bertz CT molecular complexity index is 730. The van der Waals surface area contributed by atoms with Crippen molar-refractivity contribution < 1.29 is 4.52 Å². The summed E-state index contributed by atoms with van der Waals surface area (Å²) in [5, 5.41) is 8.35. The van der Waals surface area contributed by atoms with Crippen LogP contribution in [0.3, 0.4) is 0 Å². The summed E-state index contributed by atoms with van der Waals surface area (Å²) in [7, 11) is 3.71. The number of nitrogens with zero attached hydrogens (tertiary/aromatic N) is 4. The van der Waals surface area contributed by atoms with Gasteiger partial charge in [-0.05, 0) is 17.7 Å². The quantitative estimate of drug-likeness (QED) is 0.607. The number of aliphatic imine (C=N–C) groups is 1. The van der Waals surface area contributed by atoms with Gasteiger partial charge in [0.25, 0.3) is 0 Å². The van der Waals surface area contributed by atoms with Gasteiger partial charge in [-0.1, -0.05) is 48.3 Å². The molecular formula is C17H23Cl2N5O. The van der Waals surface area contributed by atoms with E-state index in [0.29, 0.717) is 35.4 Å². The van der Waals surface area contributed by atoms with Crippen molar-refractivity contribution in [3.05, 3.63) is 45.5 Å². The van der Waals surface area contributed by atoms with Gasteiger partial charge in [-0.25, -0.2) is 0 Å². The molecule has 8 heteroatoms. The van der Waals surface area contributed by atoms with Gasteiger partial charge in [-0.15, -0.1) is 0 Å². The Balaban J connectivity index is 1.87. The van der Waals surface area contributed by atoms with E-state index in [1.807, 2.05) is 37.9 Å². The highest BCUT2D eigenvalue weighted by atomic mass is 35.5. The third-order valence-electron chi connectivity index (χ3n) is 3.60. The molecule has 0 radical (unpaired) electrons. The standard InChI is InChI=1S/C17H23Cl2N5O/c1-11(2)16-22-15(25-23-16)7-8-21-17(20-3)24(4)10-12-5-6-13(18)14(19)9-12/h5-6,9,11H,7-8,10H2,1-4H3,(H,20,21). The highest BCUT2D eigenvalue weighted by Crippen LogP contribution is 2.23. The summed E-state index contributed by atoms with van der Waals surface area (Å²) in [5.74, 6) is 2.39. The van der Waals surface area contributed by atoms with Crippen molar-refractivity contribution in [3.63, 3.8) is 0 Å². The van der Waals surface area contributed by atoms with Gasteiger partial charge < -0.3 is 14.7 Å². The van der Waals surface area contributed by atoms with Crippen molar-refractivity contribution >= 4 is 29.2 Å². The van der Waals surface area contributed by atoms with E-state index in [-0.39, 0.29) is 5.92 Å². The first-order valence-corrected chi connectivity index (χ1v) is 8.84. The van der Waals surface area contributed by atoms with Gasteiger partial charge >= 0.3 is 0 Å². The highest BCUT2D eigenvalue weighted by Gasteiger charge is 2.11. The summed E-state index contributed by atoms with van der Waals surface area (Å²) in [4.78, 5) is 10.7. The Morgan fingerprint density at radius 1 is 1.32 bits per heavy atom. The van der Waals surface area contributed by atoms with E-state index in [2.05, 4.69) is 20.4 Å². The Morgan fingerprint density at radius 2 is 2.08 bits per heavy atom. The molecule has 0 saturated carbocycles. The van der Waals surface area contributed by atoms with Gasteiger partial charge in [0.2, 0.25) is 5.89 Å². The van der Waals surface area contributed by atoms with Crippen LogP contribution in [0.2, 0.25) is 10.0 Å². The van der Waals surface area contributed by atoms with Crippen LogP contribution in [0.1, 0.15) is 37.0 Å². The molecule has 0 unspecified atom stereocenters. The summed E-state index contributed by atoms with van der Waals surface area (Å²) in [6, 6.07) is 5.61. The zero-order valence-corrected chi connectivity index (χ0v) is 16.4. The lowest BCUT2D eigenvalue weighted by molar-refractivity contribution is 0.370. The molecule has 25 heavy (non-hydrogen) atoms. The number of aromatic nitrogens is 2. The predicted octanol–water partition coefficient (Wildman–Crippen LogP) is 3.75. The Labute approximate surface area is 158 Å². The second-order valence-corrected chi connectivity index (χ2v) is 6.84. The van der Waals surface area contributed by atoms with E-state index in [0.717, 1.165) is 17.3 Å². The van der Waals surface area contributed by atoms with Crippen molar-refractivity contribution in [2.45, 2.75) is 32.7 Å². The molecule has 0 atom stereocenters. The molecule has 0 aliphatic heterocycles. The van der Waals surface area contributed by atoms with Crippen molar-refractivity contribution in [1.29, 1.82) is 0 Å². The minimum Gasteiger partial charge on any atom is -0.356 e. The second-order valence-electron chi connectivity index (χ2n) is 6.03. The average molecular weight is 384 g/mol. The molecule has 0 aliphatic rings. The lowest BCUT2D eigenvalue weighted by Crippen LogP contribution is -2.39. The molecule has 0 saturated heterocycles. The monoisotopic (exact) mass is 383 g/mol. The van der Waals surface area contributed by atoms with E-state index in [1.165, 1.54) is 0 Å². The minimum absolute atomic E-state index is 0.260. The Kier molecular flexibility index (Phi) is 7.08. The normalized spacial score (nSPS) is 11.9. The topological polar surface area (TPSA) is 66.5 Å². The molecule has 2 aromatic rings. The van der Waals surface area contributed by atoms with Crippen LogP contribution in [0.4, 0.5) is 0 Å². The summed E-state index contributed by atoms with van der Waals surface area (Å²) in [5.41, 5.74) is 1.05. The summed E-state index contributed by atoms with van der Waals surface area (Å²) >= 11 is 12.0. The van der Waals surface area contributed by atoms with Crippen LogP contribution >= 0.6 is 23.2 Å². The molecule has 0 fully saturated rings. The summed E-state index contributed by atoms with van der Waals surface area (Å²) in [6.45, 7) is 5.38. The van der Waals surface area contributed by atoms with E-state index >= 15 is 0 Å². The van der Waals surface area contributed by atoms with Crippen molar-refractivity contribution in [2.75, 3.05) is 20.6 Å². The SMILES string of the molecule is CN=C(NCCc1nc(C(C)C)no1)N(C)Cc1ccc(Cl)c(Cl)c1. The van der Waals surface area contributed by atoms with Crippen LogP contribution in [0.25, 0.3) is 0 Å². The molecule has 0 bridgehead atoms. The largest absolute Gasteiger partial charge is 0.356 e. The van der Waals surface area contributed by atoms with Crippen LogP contribution in [-0.4, -0.2) is 41.6 Å². The molecule has 0 spiro atoms. The molecule has 1 N–H and O–H groups in total. The Morgan fingerprint density at radius 3 is 2.68 bits per heavy atom. The Hall–Kier alpha value is -1.79. The van der Waals surface area contributed by atoms with E-state index in [1.54, 1.807) is 13.1 Å². The van der Waals surface area contributed by atoms with Crippen LogP contribution in [0.15, 0.2) is 27.7 Å². The van der Waals surface area contributed by atoms with Gasteiger partial charge in [0, 0.05) is 39.5 Å². The first-order valence-electron chi connectivity index (χ1n) is 8.09. The molecule has 6 nitrogen and oxygen atoms in total. The van der Waals surface area contributed by atoms with Gasteiger partial charge in [-0.2, -0.15) is 4.98 Å². The molecule has 1 aromatic heterocycles. The van der Waals surface area contributed by atoms with E-state index < -0.39 is 0 Å². The number of hydrogen-bond acceptors (Lipinski definition) is 4.